The molecule has 0 bridgehead atoms. The normalized spacial score (nSPS) is 16.8. The third-order valence-electron chi connectivity index (χ3n) is 4.20. The zero-order valence-corrected chi connectivity index (χ0v) is 12.2. The Hall–Kier alpha value is -1.33. The van der Waals surface area contributed by atoms with Crippen LogP contribution in [0.1, 0.15) is 43.0 Å². The van der Waals surface area contributed by atoms with E-state index in [-0.39, 0.29) is 18.0 Å². The molecule has 1 aromatic carbocycles. The first-order valence-corrected chi connectivity index (χ1v) is 7.40. The van der Waals surface area contributed by atoms with Crippen molar-refractivity contribution < 1.29 is 18.7 Å². The summed E-state index contributed by atoms with van der Waals surface area (Å²) < 4.78 is 26.2. The summed E-state index contributed by atoms with van der Waals surface area (Å²) in [5.41, 5.74) is 0.190. The van der Waals surface area contributed by atoms with Gasteiger partial charge in [-0.1, -0.05) is 6.42 Å². The highest BCUT2D eigenvalue weighted by Gasteiger charge is 2.31. The lowest BCUT2D eigenvalue weighted by Crippen LogP contribution is -2.49. The summed E-state index contributed by atoms with van der Waals surface area (Å²) in [7, 11) is 0. The van der Waals surface area contributed by atoms with Gasteiger partial charge in [0, 0.05) is 24.8 Å². The van der Waals surface area contributed by atoms with Crippen LogP contribution in [0.5, 0.6) is 0 Å². The number of carbonyl (C=O) groups excluding carboxylic acids is 1. The Morgan fingerprint density at radius 1 is 1.38 bits per heavy atom. The predicted octanol–water partition coefficient (Wildman–Crippen LogP) is 2.77. The number of aliphatic hydroxyl groups excluding tert-OH is 1. The highest BCUT2D eigenvalue weighted by Crippen LogP contribution is 2.27. The number of carbonyl (C=O) groups is 1. The fraction of sp³-hybridized carbons (Fsp3) is 0.562. The van der Waals surface area contributed by atoms with Crippen LogP contribution in [-0.4, -0.2) is 41.0 Å². The Morgan fingerprint density at radius 3 is 2.62 bits per heavy atom. The second-order valence-electron chi connectivity index (χ2n) is 5.57. The molecule has 1 atom stereocenters. The summed E-state index contributed by atoms with van der Waals surface area (Å²) in [4.78, 5) is 14.5. The Kier molecular flexibility index (Phi) is 5.42. The van der Waals surface area contributed by atoms with Crippen molar-refractivity contribution in [2.45, 2.75) is 44.7 Å². The zero-order chi connectivity index (χ0) is 15.4. The molecule has 0 radical (unpaired) electrons. The maximum atomic E-state index is 13.3. The molecule has 1 aliphatic rings. The summed E-state index contributed by atoms with van der Waals surface area (Å²) in [5, 5.41) is 8.99. The summed E-state index contributed by atoms with van der Waals surface area (Å²) in [6.07, 6.45) is 3.83. The Labute approximate surface area is 123 Å². The van der Waals surface area contributed by atoms with E-state index in [2.05, 4.69) is 4.90 Å². The molecule has 5 heteroatoms. The molecule has 0 amide bonds. The van der Waals surface area contributed by atoms with Crippen molar-refractivity contribution in [1.29, 1.82) is 0 Å². The summed E-state index contributed by atoms with van der Waals surface area (Å²) >= 11 is 0. The first kappa shape index (κ1) is 16.0. The Balaban J connectivity index is 2.12. The minimum atomic E-state index is -1.00. The number of benzene rings is 1. The second kappa shape index (κ2) is 7.09. The van der Waals surface area contributed by atoms with Gasteiger partial charge in [-0.25, -0.2) is 8.78 Å². The molecular formula is C16H21F2NO2. The van der Waals surface area contributed by atoms with Crippen LogP contribution in [-0.2, 0) is 0 Å². The molecule has 1 N–H and O–H groups in total. The molecule has 21 heavy (non-hydrogen) atoms. The molecule has 0 saturated heterocycles. The molecule has 2 rings (SSSR count). The van der Waals surface area contributed by atoms with Crippen molar-refractivity contribution >= 4 is 5.78 Å². The number of hydrogen-bond acceptors (Lipinski definition) is 3. The minimum absolute atomic E-state index is 0.0787. The summed E-state index contributed by atoms with van der Waals surface area (Å²) in [6, 6.07) is 3.21. The number of nitrogens with zero attached hydrogens (tertiary/aromatic N) is 1. The molecule has 116 valence electrons. The number of aliphatic hydroxyl groups is 1. The average molecular weight is 297 g/mol. The molecule has 3 nitrogen and oxygen atoms in total. The third kappa shape index (κ3) is 3.66. The van der Waals surface area contributed by atoms with Gasteiger partial charge < -0.3 is 5.11 Å². The van der Waals surface area contributed by atoms with Crippen LogP contribution in [0.25, 0.3) is 0 Å². The highest BCUT2D eigenvalue weighted by molar-refractivity contribution is 5.99. The first-order chi connectivity index (χ1) is 10.0. The molecule has 1 unspecified atom stereocenters. The molecule has 1 aromatic rings. The first-order valence-electron chi connectivity index (χ1n) is 7.40. The molecule has 0 aliphatic heterocycles. The highest BCUT2D eigenvalue weighted by atomic mass is 19.2. The predicted molar refractivity (Wildman–Crippen MR) is 76.2 cm³/mol. The third-order valence-corrected chi connectivity index (χ3v) is 4.20. The molecule has 0 spiro atoms. The molecule has 1 saturated carbocycles. The van der Waals surface area contributed by atoms with E-state index >= 15 is 0 Å². The van der Waals surface area contributed by atoms with Crippen LogP contribution in [0, 0.1) is 11.6 Å². The van der Waals surface area contributed by atoms with Gasteiger partial charge in [-0.15, -0.1) is 0 Å². The van der Waals surface area contributed by atoms with Crippen LogP contribution in [0.2, 0.25) is 0 Å². The topological polar surface area (TPSA) is 40.5 Å². The van der Waals surface area contributed by atoms with E-state index in [9.17, 15) is 13.6 Å². The average Bonchev–Trinajstić information content (AvgIpc) is 2.42. The van der Waals surface area contributed by atoms with Crippen LogP contribution in [0.15, 0.2) is 18.2 Å². The summed E-state index contributed by atoms with van der Waals surface area (Å²) in [6.45, 7) is 2.51. The molecule has 1 fully saturated rings. The molecule has 1 aliphatic carbocycles. The molecule has 0 heterocycles. The van der Waals surface area contributed by atoms with Crippen molar-refractivity contribution in [2.75, 3.05) is 13.2 Å². The number of hydrogen-bond donors (Lipinski definition) is 1. The van der Waals surface area contributed by atoms with E-state index in [4.69, 9.17) is 5.11 Å². The van der Waals surface area contributed by atoms with E-state index in [1.54, 1.807) is 6.92 Å². The van der Waals surface area contributed by atoms with Crippen LogP contribution < -0.4 is 0 Å². The van der Waals surface area contributed by atoms with E-state index in [0.717, 1.165) is 31.4 Å². The Bertz CT molecular complexity index is 503. The Morgan fingerprint density at radius 2 is 2.10 bits per heavy atom. The number of Topliss-reactive ketones (excluding diaryl/α,β-unsaturated/α-hetero) is 1. The monoisotopic (exact) mass is 297 g/mol. The van der Waals surface area contributed by atoms with Gasteiger partial charge in [0.25, 0.3) is 0 Å². The second-order valence-corrected chi connectivity index (χ2v) is 5.57. The van der Waals surface area contributed by atoms with Gasteiger partial charge in [-0.05, 0) is 44.4 Å². The lowest BCUT2D eigenvalue weighted by atomic mass is 9.89. The van der Waals surface area contributed by atoms with Gasteiger partial charge in [0.2, 0.25) is 0 Å². The van der Waals surface area contributed by atoms with Gasteiger partial charge in [-0.2, -0.15) is 0 Å². The standard InChI is InChI=1S/C16H21F2NO2/c1-11(19(8-3-9-20)13-4-2-5-13)16(21)12-6-7-14(17)15(18)10-12/h6-7,10-11,13,20H,2-5,8-9H2,1H3. The van der Waals surface area contributed by atoms with Gasteiger partial charge >= 0.3 is 0 Å². The van der Waals surface area contributed by atoms with Crippen LogP contribution >= 0.6 is 0 Å². The lowest BCUT2D eigenvalue weighted by molar-refractivity contribution is 0.0584. The lowest BCUT2D eigenvalue weighted by Gasteiger charge is -2.40. The maximum Gasteiger partial charge on any atom is 0.179 e. The minimum Gasteiger partial charge on any atom is -0.396 e. The van der Waals surface area contributed by atoms with Gasteiger partial charge in [0.05, 0.1) is 6.04 Å². The van der Waals surface area contributed by atoms with E-state index in [1.165, 1.54) is 6.07 Å². The van der Waals surface area contributed by atoms with Crippen molar-refractivity contribution in [3.63, 3.8) is 0 Å². The molecular weight excluding hydrogens is 276 g/mol. The molecule has 0 aromatic heterocycles. The number of ketones is 1. The van der Waals surface area contributed by atoms with Crippen molar-refractivity contribution in [3.05, 3.63) is 35.4 Å². The summed E-state index contributed by atoms with van der Waals surface area (Å²) in [5.74, 6) is -2.16. The zero-order valence-electron chi connectivity index (χ0n) is 12.2. The quantitative estimate of drug-likeness (QED) is 0.787. The van der Waals surface area contributed by atoms with E-state index in [0.29, 0.717) is 19.0 Å². The smallest absolute Gasteiger partial charge is 0.179 e. The SMILES string of the molecule is CC(C(=O)c1ccc(F)c(F)c1)N(CCCO)C1CCC1. The van der Waals surface area contributed by atoms with Gasteiger partial charge in [-0.3, -0.25) is 9.69 Å². The maximum absolute atomic E-state index is 13.3. The fourth-order valence-corrected chi connectivity index (χ4v) is 2.71. The van der Waals surface area contributed by atoms with E-state index < -0.39 is 17.7 Å². The van der Waals surface area contributed by atoms with Crippen LogP contribution in [0.3, 0.4) is 0 Å². The van der Waals surface area contributed by atoms with Gasteiger partial charge in [0.15, 0.2) is 17.4 Å². The number of halogens is 2. The van der Waals surface area contributed by atoms with Crippen molar-refractivity contribution in [3.8, 4) is 0 Å². The van der Waals surface area contributed by atoms with E-state index in [1.807, 2.05) is 0 Å². The van der Waals surface area contributed by atoms with Gasteiger partial charge in [0.1, 0.15) is 0 Å². The fourth-order valence-electron chi connectivity index (χ4n) is 2.71. The largest absolute Gasteiger partial charge is 0.396 e. The van der Waals surface area contributed by atoms with Crippen molar-refractivity contribution in [2.24, 2.45) is 0 Å². The number of rotatable bonds is 7. The van der Waals surface area contributed by atoms with Crippen molar-refractivity contribution in [1.82, 2.24) is 4.90 Å². The van der Waals surface area contributed by atoms with Crippen LogP contribution in [0.4, 0.5) is 8.78 Å².